The number of rotatable bonds is 22. The van der Waals surface area contributed by atoms with Crippen LogP contribution >= 0.6 is 0 Å². The lowest BCUT2D eigenvalue weighted by atomic mass is 9.71. The first kappa shape index (κ1) is 53.5. The average molecular weight is 976 g/mol. The summed E-state index contributed by atoms with van der Waals surface area (Å²) in [6.07, 6.45) is -0.149. The van der Waals surface area contributed by atoms with Gasteiger partial charge < -0.3 is 39.6 Å². The van der Waals surface area contributed by atoms with Crippen molar-refractivity contribution in [1.82, 2.24) is 16.0 Å². The third-order valence-electron chi connectivity index (χ3n) is 10.5. The van der Waals surface area contributed by atoms with Crippen LogP contribution in [-0.2, 0) is 24.0 Å². The molecule has 0 heterocycles. The average Bonchev–Trinajstić information content (AvgIpc) is 3.34. The molecule has 2 atom stereocenters. The summed E-state index contributed by atoms with van der Waals surface area (Å²) >= 11 is 0. The Morgan fingerprint density at radius 3 is 1.60 bits per heavy atom. The van der Waals surface area contributed by atoms with Gasteiger partial charge in [-0.25, -0.2) is 31.1 Å². The van der Waals surface area contributed by atoms with Crippen LogP contribution in [0.2, 0.25) is 0 Å². The smallest absolute Gasteiger partial charge is 0.331 e. The minimum absolute atomic E-state index is 0.0538. The summed E-state index contributed by atoms with van der Waals surface area (Å²) in [5.41, 5.74) is -0.457. The zero-order valence-corrected chi connectivity index (χ0v) is 36.7. The van der Waals surface area contributed by atoms with Gasteiger partial charge in [0.25, 0.3) is 5.91 Å². The molecule has 0 aliphatic rings. The molecule has 368 valence electrons. The zero-order valence-electron chi connectivity index (χ0n) is 36.7. The lowest BCUT2D eigenvalue weighted by Gasteiger charge is -2.42. The number of carbonyl (C=O) groups excluding carboxylic acids is 5. The maximum atomic E-state index is 14.5. The van der Waals surface area contributed by atoms with Crippen LogP contribution in [0.3, 0.4) is 0 Å². The molecule has 0 saturated heterocycles. The van der Waals surface area contributed by atoms with Crippen LogP contribution in [-0.4, -0.2) is 68.6 Å². The normalized spacial score (nSPS) is 12.1. The van der Waals surface area contributed by atoms with Crippen molar-refractivity contribution in [3.63, 3.8) is 0 Å². The Labute approximate surface area is 381 Å². The molecule has 0 fully saturated rings. The number of esters is 2. The minimum atomic E-state index is -2.51. The molecular weight excluding hydrogens is 932 g/mol. The third-order valence-corrected chi connectivity index (χ3v) is 10.5. The largest absolute Gasteiger partial charge is 0.497 e. The highest BCUT2D eigenvalue weighted by Gasteiger charge is 2.43. The molecule has 0 aliphatic carbocycles. The molecule has 0 aliphatic heterocycles. The number of halogens is 10. The van der Waals surface area contributed by atoms with E-state index < -0.39 is 136 Å². The first-order valence-electron chi connectivity index (χ1n) is 20.5. The number of nitrogens with one attached hydrogen (secondary N) is 3. The third kappa shape index (κ3) is 12.3. The van der Waals surface area contributed by atoms with Gasteiger partial charge in [0.15, 0.2) is 6.61 Å². The van der Waals surface area contributed by atoms with Gasteiger partial charge in [-0.2, -0.15) is 17.6 Å². The Hall–Kier alpha value is -7.07. The van der Waals surface area contributed by atoms with E-state index in [1.165, 1.54) is 26.4 Å². The summed E-state index contributed by atoms with van der Waals surface area (Å²) in [5, 5.41) is 7.30. The van der Waals surface area contributed by atoms with E-state index in [4.69, 9.17) is 14.2 Å². The fraction of sp³-hybridized carbons (Fsp3) is 0.356. The Morgan fingerprint density at radius 1 is 0.618 bits per heavy atom. The van der Waals surface area contributed by atoms with Gasteiger partial charge in [0.05, 0.1) is 26.2 Å². The first-order valence-corrected chi connectivity index (χ1v) is 20.5. The second kappa shape index (κ2) is 23.6. The monoisotopic (exact) mass is 975 g/mol. The summed E-state index contributed by atoms with van der Waals surface area (Å²) in [6, 6.07) is 8.88. The van der Waals surface area contributed by atoms with Gasteiger partial charge in [0.1, 0.15) is 29.8 Å². The number of methoxy groups -OCH3 is 2. The van der Waals surface area contributed by atoms with Crippen LogP contribution in [0.15, 0.2) is 42.5 Å². The van der Waals surface area contributed by atoms with Crippen molar-refractivity contribution in [2.45, 2.75) is 76.8 Å². The van der Waals surface area contributed by atoms with Crippen LogP contribution in [0.25, 0.3) is 0 Å². The number of amides is 3. The van der Waals surface area contributed by atoms with Crippen molar-refractivity contribution in [2.75, 3.05) is 27.4 Å². The van der Waals surface area contributed by atoms with Crippen molar-refractivity contribution < 1.29 is 91.6 Å². The van der Waals surface area contributed by atoms with Crippen LogP contribution < -0.4 is 39.6 Å². The van der Waals surface area contributed by atoms with E-state index in [-0.39, 0.29) is 30.8 Å². The van der Waals surface area contributed by atoms with E-state index in [0.717, 1.165) is 0 Å². The van der Waals surface area contributed by atoms with E-state index in [9.17, 15) is 67.9 Å². The highest BCUT2D eigenvalue weighted by Crippen LogP contribution is 2.45. The van der Waals surface area contributed by atoms with Gasteiger partial charge in [0.2, 0.25) is 81.5 Å². The van der Waals surface area contributed by atoms with E-state index >= 15 is 0 Å². The number of carbonyl (C=O) groups is 5. The molecule has 13 nitrogen and oxygen atoms in total. The number of hydrogen-bond donors (Lipinski definition) is 3. The molecule has 4 rings (SSSR count). The Morgan fingerprint density at radius 2 is 1.12 bits per heavy atom. The van der Waals surface area contributed by atoms with Crippen molar-refractivity contribution in [3.8, 4) is 28.7 Å². The Kier molecular flexibility index (Phi) is 18.6. The van der Waals surface area contributed by atoms with Gasteiger partial charge in [-0.15, -0.1) is 0 Å². The van der Waals surface area contributed by atoms with E-state index in [1.54, 1.807) is 51.1 Å². The molecule has 23 heteroatoms. The predicted molar refractivity (Wildman–Crippen MR) is 218 cm³/mol. The maximum absolute atomic E-state index is 14.5. The second-order valence-electron chi connectivity index (χ2n) is 14.7. The van der Waals surface area contributed by atoms with E-state index in [2.05, 4.69) is 20.1 Å². The predicted octanol–water partition coefficient (Wildman–Crippen LogP) is 7.67. The molecule has 2 unspecified atom stereocenters. The highest BCUT2D eigenvalue weighted by molar-refractivity contribution is 5.92. The van der Waals surface area contributed by atoms with Crippen LogP contribution in [0.1, 0.15) is 76.3 Å². The van der Waals surface area contributed by atoms with Gasteiger partial charge in [-0.3, -0.25) is 19.2 Å². The summed E-state index contributed by atoms with van der Waals surface area (Å²) in [6.45, 7) is 3.32. The second-order valence-corrected chi connectivity index (χ2v) is 14.7. The number of ether oxygens (including phenoxy) is 5. The Bertz CT molecular complexity index is 2470. The van der Waals surface area contributed by atoms with E-state index in [1.807, 2.05) is 5.32 Å². The number of hydrogen-bond acceptors (Lipinski definition) is 10. The molecule has 3 amide bonds. The van der Waals surface area contributed by atoms with E-state index in [0.29, 0.717) is 29.7 Å². The minimum Gasteiger partial charge on any atom is -0.497 e. The lowest BCUT2D eigenvalue weighted by molar-refractivity contribution is -0.139. The quantitative estimate of drug-likeness (QED) is 0.0234. The van der Waals surface area contributed by atoms with Crippen molar-refractivity contribution in [2.24, 2.45) is 0 Å². The standard InChI is InChI=1S/C45H43F10N3O10/c1-6-9-10-27(59)57-25(18-29(61)67-42-38(52)34(48)32(46)35(49)39(42)53)44(63)58-45(7-2,8-3)31(24-16-15-23(64-4)17-26(24)65-5)21-11-13-22(14-12-21)66-20-28(60)56-19-30(62)68-43-40(54)36(50)33(47)37(51)41(43)55/h11-17,25,31H,6-10,18-20H2,1-5H3,(H,56,60)(H,57,59)(H,58,63). The fourth-order valence-electron chi connectivity index (χ4n) is 6.85. The molecular formula is C45H43F10N3O10. The summed E-state index contributed by atoms with van der Waals surface area (Å²) < 4.78 is 164. The van der Waals surface area contributed by atoms with Gasteiger partial charge in [-0.1, -0.05) is 45.4 Å². The highest BCUT2D eigenvalue weighted by atomic mass is 19.2. The summed E-state index contributed by atoms with van der Waals surface area (Å²) in [4.78, 5) is 65.1. The molecule has 4 aromatic carbocycles. The van der Waals surface area contributed by atoms with Crippen molar-refractivity contribution in [3.05, 3.63) is 112 Å². The topological polar surface area (TPSA) is 168 Å². The van der Waals surface area contributed by atoms with Gasteiger partial charge in [0, 0.05) is 24.0 Å². The van der Waals surface area contributed by atoms with Crippen molar-refractivity contribution >= 4 is 29.7 Å². The van der Waals surface area contributed by atoms with Gasteiger partial charge >= 0.3 is 11.9 Å². The summed E-state index contributed by atoms with van der Waals surface area (Å²) in [7, 11) is 2.78. The SMILES string of the molecule is CCCCC(=O)NC(CC(=O)Oc1c(F)c(F)c(F)c(F)c1F)C(=O)NC(CC)(CC)C(c1ccc(OCC(=O)NCC(=O)Oc2c(F)c(F)c(F)c(F)c2F)cc1)c1ccc(OC)cc1OC. The zero-order chi connectivity index (χ0) is 50.6. The van der Waals surface area contributed by atoms with Crippen LogP contribution in [0.4, 0.5) is 43.9 Å². The molecule has 0 radical (unpaired) electrons. The maximum Gasteiger partial charge on any atom is 0.331 e. The number of unbranched alkanes of at least 4 members (excludes halogenated alkanes) is 1. The van der Waals surface area contributed by atoms with Crippen LogP contribution in [0, 0.1) is 58.2 Å². The molecule has 3 N–H and O–H groups in total. The molecule has 0 spiro atoms. The fourth-order valence-corrected chi connectivity index (χ4v) is 6.85. The molecule has 68 heavy (non-hydrogen) atoms. The van der Waals surface area contributed by atoms with Crippen molar-refractivity contribution in [1.29, 1.82) is 0 Å². The Balaban J connectivity index is 1.62. The lowest BCUT2D eigenvalue weighted by Crippen LogP contribution is -2.58. The summed E-state index contributed by atoms with van der Waals surface area (Å²) in [5.74, 6) is -34.2. The molecule has 0 aromatic heterocycles. The molecule has 0 bridgehead atoms. The molecule has 4 aromatic rings. The molecule has 0 saturated carbocycles. The van der Waals surface area contributed by atoms with Crippen LogP contribution in [0.5, 0.6) is 28.7 Å². The first-order chi connectivity index (χ1) is 32.2. The number of benzene rings is 4. The van der Waals surface area contributed by atoms with Gasteiger partial charge in [-0.05, 0) is 43.0 Å².